The third kappa shape index (κ3) is 2.86. The summed E-state index contributed by atoms with van der Waals surface area (Å²) < 4.78 is 0. The molecule has 2 rings (SSSR count). The van der Waals surface area contributed by atoms with E-state index in [0.29, 0.717) is 13.1 Å². The second-order valence-corrected chi connectivity index (χ2v) is 4.66. The summed E-state index contributed by atoms with van der Waals surface area (Å²) in [5.74, 6) is -0.0919. The standard InChI is InChI=1S/C13H19N3O2/c1-10-4-6-15-13(18)12(9-17)16(10)8-11-3-2-5-14-7-11/h2-3,5,7,10,12,17H,4,6,8-9H2,1H3,(H,15,18). The Kier molecular flexibility index (Phi) is 4.28. The van der Waals surface area contributed by atoms with Crippen molar-refractivity contribution in [2.24, 2.45) is 0 Å². The number of aliphatic hydroxyl groups is 1. The first-order valence-electron chi connectivity index (χ1n) is 6.25. The second-order valence-electron chi connectivity index (χ2n) is 4.66. The fourth-order valence-electron chi connectivity index (χ4n) is 2.30. The van der Waals surface area contributed by atoms with Gasteiger partial charge in [-0.1, -0.05) is 6.07 Å². The highest BCUT2D eigenvalue weighted by molar-refractivity contribution is 5.82. The molecule has 2 unspecified atom stereocenters. The molecule has 5 nitrogen and oxygen atoms in total. The van der Waals surface area contributed by atoms with E-state index < -0.39 is 6.04 Å². The molecule has 18 heavy (non-hydrogen) atoms. The lowest BCUT2D eigenvalue weighted by Crippen LogP contribution is -2.48. The number of hydrogen-bond donors (Lipinski definition) is 2. The largest absolute Gasteiger partial charge is 0.394 e. The Morgan fingerprint density at radius 2 is 2.44 bits per heavy atom. The van der Waals surface area contributed by atoms with E-state index >= 15 is 0 Å². The molecule has 0 aliphatic carbocycles. The summed E-state index contributed by atoms with van der Waals surface area (Å²) in [5, 5.41) is 12.3. The maximum atomic E-state index is 11.9. The minimum atomic E-state index is -0.470. The molecule has 1 saturated heterocycles. The van der Waals surface area contributed by atoms with Crippen LogP contribution in [0.5, 0.6) is 0 Å². The van der Waals surface area contributed by atoms with Gasteiger partial charge in [-0.3, -0.25) is 14.7 Å². The average Bonchev–Trinajstić information content (AvgIpc) is 2.51. The minimum Gasteiger partial charge on any atom is -0.394 e. The number of rotatable bonds is 3. The number of amides is 1. The van der Waals surface area contributed by atoms with Crippen LogP contribution in [0.25, 0.3) is 0 Å². The number of aromatic nitrogens is 1. The number of hydrogen-bond acceptors (Lipinski definition) is 4. The zero-order valence-corrected chi connectivity index (χ0v) is 10.5. The van der Waals surface area contributed by atoms with Crippen LogP contribution in [-0.4, -0.2) is 46.1 Å². The first kappa shape index (κ1) is 13.0. The van der Waals surface area contributed by atoms with E-state index in [4.69, 9.17) is 0 Å². The van der Waals surface area contributed by atoms with Crippen LogP contribution in [0.3, 0.4) is 0 Å². The Labute approximate surface area is 107 Å². The second kappa shape index (κ2) is 5.93. The quantitative estimate of drug-likeness (QED) is 0.800. The van der Waals surface area contributed by atoms with E-state index in [1.807, 2.05) is 17.0 Å². The Bertz CT molecular complexity index is 396. The number of carbonyl (C=O) groups is 1. The Morgan fingerprint density at radius 1 is 1.61 bits per heavy atom. The lowest BCUT2D eigenvalue weighted by Gasteiger charge is -2.31. The van der Waals surface area contributed by atoms with Crippen LogP contribution in [0.15, 0.2) is 24.5 Å². The van der Waals surface area contributed by atoms with E-state index in [2.05, 4.69) is 17.2 Å². The van der Waals surface area contributed by atoms with E-state index in [1.165, 1.54) is 0 Å². The summed E-state index contributed by atoms with van der Waals surface area (Å²) in [6, 6.07) is 3.65. The summed E-state index contributed by atoms with van der Waals surface area (Å²) in [4.78, 5) is 18.0. The van der Waals surface area contributed by atoms with Crippen molar-refractivity contribution >= 4 is 5.91 Å². The molecular formula is C13H19N3O2. The normalized spacial score (nSPS) is 25.6. The smallest absolute Gasteiger partial charge is 0.239 e. The average molecular weight is 249 g/mol. The van der Waals surface area contributed by atoms with Gasteiger partial charge in [0.05, 0.1) is 6.61 Å². The monoisotopic (exact) mass is 249 g/mol. The first-order valence-corrected chi connectivity index (χ1v) is 6.25. The van der Waals surface area contributed by atoms with E-state index in [0.717, 1.165) is 12.0 Å². The highest BCUT2D eigenvalue weighted by Gasteiger charge is 2.31. The van der Waals surface area contributed by atoms with Crippen LogP contribution in [0.2, 0.25) is 0 Å². The summed E-state index contributed by atoms with van der Waals surface area (Å²) >= 11 is 0. The number of nitrogens with one attached hydrogen (secondary N) is 1. The molecule has 1 aromatic heterocycles. The van der Waals surface area contributed by atoms with Crippen molar-refractivity contribution in [1.82, 2.24) is 15.2 Å². The highest BCUT2D eigenvalue weighted by atomic mass is 16.3. The third-order valence-electron chi connectivity index (χ3n) is 3.39. The van der Waals surface area contributed by atoms with Crippen molar-refractivity contribution in [2.45, 2.75) is 32.0 Å². The molecule has 1 aromatic rings. The molecule has 0 bridgehead atoms. The Morgan fingerprint density at radius 3 is 3.11 bits per heavy atom. The van der Waals surface area contributed by atoms with Crippen LogP contribution in [0.4, 0.5) is 0 Å². The van der Waals surface area contributed by atoms with E-state index in [9.17, 15) is 9.90 Å². The lowest BCUT2D eigenvalue weighted by molar-refractivity contribution is -0.127. The molecule has 0 radical (unpaired) electrons. The van der Waals surface area contributed by atoms with Gasteiger partial charge in [-0.05, 0) is 25.0 Å². The van der Waals surface area contributed by atoms with Crippen LogP contribution in [-0.2, 0) is 11.3 Å². The number of nitrogens with zero attached hydrogens (tertiary/aromatic N) is 2. The van der Waals surface area contributed by atoms with Gasteiger partial charge in [0.25, 0.3) is 0 Å². The van der Waals surface area contributed by atoms with Crippen molar-refractivity contribution < 1.29 is 9.90 Å². The zero-order chi connectivity index (χ0) is 13.0. The maximum Gasteiger partial charge on any atom is 0.239 e. The van der Waals surface area contributed by atoms with Crippen molar-refractivity contribution in [2.75, 3.05) is 13.2 Å². The van der Waals surface area contributed by atoms with Gasteiger partial charge in [0.1, 0.15) is 6.04 Å². The van der Waals surface area contributed by atoms with Crippen molar-refractivity contribution in [3.63, 3.8) is 0 Å². The summed E-state index contributed by atoms with van der Waals surface area (Å²) in [6.45, 7) is 3.23. The fraction of sp³-hybridized carbons (Fsp3) is 0.538. The van der Waals surface area contributed by atoms with Gasteiger partial charge in [0.15, 0.2) is 0 Å². The molecule has 1 amide bonds. The van der Waals surface area contributed by atoms with Gasteiger partial charge >= 0.3 is 0 Å². The van der Waals surface area contributed by atoms with Gasteiger partial charge < -0.3 is 10.4 Å². The first-order chi connectivity index (χ1) is 8.72. The number of pyridine rings is 1. The van der Waals surface area contributed by atoms with Gasteiger partial charge in [-0.25, -0.2) is 0 Å². The molecule has 1 aliphatic rings. The predicted octanol–water partition coefficient (Wildman–Crippen LogP) is 0.153. The molecule has 0 aromatic carbocycles. The molecule has 2 N–H and O–H groups in total. The van der Waals surface area contributed by atoms with Crippen LogP contribution >= 0.6 is 0 Å². The molecule has 5 heteroatoms. The molecule has 98 valence electrons. The SMILES string of the molecule is CC1CCNC(=O)C(CO)N1Cc1cccnc1. The van der Waals surface area contributed by atoms with Crippen LogP contribution < -0.4 is 5.32 Å². The Hall–Kier alpha value is -1.46. The predicted molar refractivity (Wildman–Crippen MR) is 67.7 cm³/mol. The molecule has 2 atom stereocenters. The van der Waals surface area contributed by atoms with Gasteiger partial charge in [0, 0.05) is 31.5 Å². The van der Waals surface area contributed by atoms with Crippen molar-refractivity contribution in [1.29, 1.82) is 0 Å². The summed E-state index contributed by atoms with van der Waals surface area (Å²) in [7, 11) is 0. The van der Waals surface area contributed by atoms with E-state index in [-0.39, 0.29) is 18.6 Å². The molecule has 2 heterocycles. The summed E-state index contributed by atoms with van der Waals surface area (Å²) in [5.41, 5.74) is 1.05. The van der Waals surface area contributed by atoms with Crippen molar-refractivity contribution in [3.8, 4) is 0 Å². The maximum absolute atomic E-state index is 11.9. The Balaban J connectivity index is 2.17. The molecule has 0 spiro atoms. The fourth-order valence-corrected chi connectivity index (χ4v) is 2.30. The van der Waals surface area contributed by atoms with E-state index in [1.54, 1.807) is 12.4 Å². The minimum absolute atomic E-state index is 0.0919. The van der Waals surface area contributed by atoms with Gasteiger partial charge in [-0.15, -0.1) is 0 Å². The highest BCUT2D eigenvalue weighted by Crippen LogP contribution is 2.16. The third-order valence-corrected chi connectivity index (χ3v) is 3.39. The van der Waals surface area contributed by atoms with Gasteiger partial charge in [0.2, 0.25) is 5.91 Å². The molecular weight excluding hydrogens is 230 g/mol. The molecule has 1 aliphatic heterocycles. The number of aliphatic hydroxyl groups excluding tert-OH is 1. The molecule has 0 saturated carbocycles. The summed E-state index contributed by atoms with van der Waals surface area (Å²) in [6.07, 6.45) is 4.41. The molecule has 1 fully saturated rings. The zero-order valence-electron chi connectivity index (χ0n) is 10.5. The van der Waals surface area contributed by atoms with Crippen LogP contribution in [0.1, 0.15) is 18.9 Å². The van der Waals surface area contributed by atoms with Crippen LogP contribution in [0, 0.1) is 0 Å². The topological polar surface area (TPSA) is 65.5 Å². The number of carbonyl (C=O) groups excluding carboxylic acids is 1. The lowest BCUT2D eigenvalue weighted by atomic mass is 10.1. The van der Waals surface area contributed by atoms with Crippen molar-refractivity contribution in [3.05, 3.63) is 30.1 Å². The van der Waals surface area contributed by atoms with Gasteiger partial charge in [-0.2, -0.15) is 0 Å².